The number of ether oxygens (including phenoxy) is 1. The van der Waals surface area contributed by atoms with E-state index in [4.69, 9.17) is 4.74 Å². The smallest absolute Gasteiger partial charge is 0.311 e. The molecule has 0 unspecified atom stereocenters. The zero-order valence-corrected chi connectivity index (χ0v) is 11.6. The lowest BCUT2D eigenvalue weighted by molar-refractivity contribution is -0.153. The molecule has 2 N–H and O–H groups in total. The number of thioether (sulfide) groups is 1. The normalized spacial score (nSPS) is 17.9. The third-order valence-electron chi connectivity index (χ3n) is 3.36. The van der Waals surface area contributed by atoms with E-state index in [1.165, 1.54) is 18.1 Å². The summed E-state index contributed by atoms with van der Waals surface area (Å²) in [5, 5.41) is 13.4. The van der Waals surface area contributed by atoms with Crippen LogP contribution in [0.3, 0.4) is 0 Å². The van der Waals surface area contributed by atoms with E-state index in [1.54, 1.807) is 0 Å². The number of hydrogen-bond acceptors (Lipinski definition) is 6. The highest BCUT2D eigenvalue weighted by molar-refractivity contribution is 7.98. The van der Waals surface area contributed by atoms with E-state index in [9.17, 15) is 9.90 Å². The molecule has 0 amide bonds. The van der Waals surface area contributed by atoms with Gasteiger partial charge in [0.25, 0.3) is 0 Å². The number of carboxylic acid groups (broad SMARTS) is 1. The van der Waals surface area contributed by atoms with E-state index in [0.29, 0.717) is 38.4 Å². The second kappa shape index (κ2) is 6.21. The lowest BCUT2D eigenvalue weighted by Crippen LogP contribution is -2.42. The third kappa shape index (κ3) is 3.36. The van der Waals surface area contributed by atoms with Gasteiger partial charge < -0.3 is 15.2 Å². The zero-order valence-electron chi connectivity index (χ0n) is 10.8. The first kappa shape index (κ1) is 14.1. The van der Waals surface area contributed by atoms with Gasteiger partial charge in [0, 0.05) is 25.8 Å². The van der Waals surface area contributed by atoms with Crippen molar-refractivity contribution in [1.29, 1.82) is 0 Å². The van der Waals surface area contributed by atoms with Gasteiger partial charge in [-0.05, 0) is 19.1 Å². The third-order valence-corrected chi connectivity index (χ3v) is 4.00. The van der Waals surface area contributed by atoms with Crippen LogP contribution in [0.2, 0.25) is 0 Å². The maximum atomic E-state index is 11.5. The van der Waals surface area contributed by atoms with Crippen LogP contribution in [-0.4, -0.2) is 47.1 Å². The van der Waals surface area contributed by atoms with Crippen LogP contribution in [0.25, 0.3) is 0 Å². The first-order valence-electron chi connectivity index (χ1n) is 6.07. The molecule has 2 heterocycles. The Morgan fingerprint density at radius 2 is 2.26 bits per heavy atom. The van der Waals surface area contributed by atoms with Crippen molar-refractivity contribution in [2.75, 3.05) is 31.3 Å². The van der Waals surface area contributed by atoms with E-state index in [1.807, 2.05) is 12.3 Å². The molecule has 1 aromatic heterocycles. The molecule has 1 fully saturated rings. The average molecular weight is 283 g/mol. The lowest BCUT2D eigenvalue weighted by Gasteiger charge is -2.33. The van der Waals surface area contributed by atoms with Crippen molar-refractivity contribution in [3.63, 3.8) is 0 Å². The molecule has 0 aromatic carbocycles. The maximum Gasteiger partial charge on any atom is 0.311 e. The van der Waals surface area contributed by atoms with Crippen molar-refractivity contribution in [3.05, 3.63) is 12.4 Å². The molecule has 1 aliphatic rings. The minimum absolute atomic E-state index is 0.358. The predicted octanol–water partition coefficient (Wildman–Crippen LogP) is 1.49. The van der Waals surface area contributed by atoms with Gasteiger partial charge in [-0.25, -0.2) is 9.97 Å². The minimum Gasteiger partial charge on any atom is -0.481 e. The van der Waals surface area contributed by atoms with E-state index < -0.39 is 11.4 Å². The summed E-state index contributed by atoms with van der Waals surface area (Å²) in [4.78, 5) is 19.7. The van der Waals surface area contributed by atoms with Crippen LogP contribution < -0.4 is 5.32 Å². The molecule has 0 atom stereocenters. The molecule has 7 heteroatoms. The number of carbonyl (C=O) groups is 1. The second-order valence-electron chi connectivity index (χ2n) is 4.50. The van der Waals surface area contributed by atoms with Crippen LogP contribution in [0, 0.1) is 5.41 Å². The SMILES string of the molecule is CSc1cc(NCC2(C(=O)O)CCOCC2)ncn1. The van der Waals surface area contributed by atoms with E-state index >= 15 is 0 Å². The van der Waals surface area contributed by atoms with Gasteiger partial charge in [-0.15, -0.1) is 11.8 Å². The van der Waals surface area contributed by atoms with E-state index in [-0.39, 0.29) is 0 Å². The Labute approximate surface area is 116 Å². The van der Waals surface area contributed by atoms with Crippen molar-refractivity contribution < 1.29 is 14.6 Å². The molecule has 0 aliphatic carbocycles. The monoisotopic (exact) mass is 283 g/mol. The first-order valence-corrected chi connectivity index (χ1v) is 7.30. The fourth-order valence-electron chi connectivity index (χ4n) is 2.04. The van der Waals surface area contributed by atoms with Gasteiger partial charge in [0.2, 0.25) is 0 Å². The van der Waals surface area contributed by atoms with Crippen LogP contribution in [0.5, 0.6) is 0 Å². The Balaban J connectivity index is 2.04. The number of rotatable bonds is 5. The number of nitrogens with one attached hydrogen (secondary N) is 1. The molecule has 1 aliphatic heterocycles. The van der Waals surface area contributed by atoms with Crippen LogP contribution in [0.1, 0.15) is 12.8 Å². The summed E-state index contributed by atoms with van der Waals surface area (Å²) in [5.74, 6) is -0.117. The maximum absolute atomic E-state index is 11.5. The first-order chi connectivity index (χ1) is 9.16. The Bertz CT molecular complexity index is 450. The number of carboxylic acids is 1. The summed E-state index contributed by atoms with van der Waals surface area (Å²) < 4.78 is 5.24. The predicted molar refractivity (Wildman–Crippen MR) is 72.4 cm³/mol. The summed E-state index contributed by atoms with van der Waals surface area (Å²) in [6.07, 6.45) is 4.46. The molecule has 6 nitrogen and oxygen atoms in total. The van der Waals surface area contributed by atoms with Crippen molar-refractivity contribution in [2.24, 2.45) is 5.41 Å². The molecule has 0 saturated carbocycles. The van der Waals surface area contributed by atoms with Crippen molar-refractivity contribution in [2.45, 2.75) is 17.9 Å². The van der Waals surface area contributed by atoms with E-state index in [0.717, 1.165) is 5.03 Å². The standard InChI is InChI=1S/C12H17N3O3S/c1-19-10-6-9(14-8-15-10)13-7-12(11(16)17)2-4-18-5-3-12/h6,8H,2-5,7H2,1H3,(H,16,17)(H,13,14,15). The molecule has 0 spiro atoms. The molecular formula is C12H17N3O3S. The van der Waals surface area contributed by atoms with Crippen LogP contribution in [0.4, 0.5) is 5.82 Å². The van der Waals surface area contributed by atoms with Crippen molar-refractivity contribution in [3.8, 4) is 0 Å². The molecular weight excluding hydrogens is 266 g/mol. The Kier molecular flexibility index (Phi) is 4.60. The van der Waals surface area contributed by atoms with Crippen LogP contribution in [-0.2, 0) is 9.53 Å². The summed E-state index contributed by atoms with van der Waals surface area (Å²) in [5.41, 5.74) is -0.761. The molecule has 1 aromatic rings. The van der Waals surface area contributed by atoms with Gasteiger partial charge in [0.1, 0.15) is 17.2 Å². The van der Waals surface area contributed by atoms with Gasteiger partial charge in [0.05, 0.1) is 5.41 Å². The minimum atomic E-state index is -0.776. The quantitative estimate of drug-likeness (QED) is 0.625. The van der Waals surface area contributed by atoms with Crippen molar-refractivity contribution in [1.82, 2.24) is 9.97 Å². The topological polar surface area (TPSA) is 84.3 Å². The highest BCUT2D eigenvalue weighted by atomic mass is 32.2. The zero-order chi connectivity index (χ0) is 13.7. The average Bonchev–Trinajstić information content (AvgIpc) is 2.46. The largest absolute Gasteiger partial charge is 0.481 e. The van der Waals surface area contributed by atoms with Gasteiger partial charge in [-0.3, -0.25) is 4.79 Å². The molecule has 2 rings (SSSR count). The van der Waals surface area contributed by atoms with Gasteiger partial charge in [0.15, 0.2) is 0 Å². The molecule has 0 radical (unpaired) electrons. The Morgan fingerprint density at radius 3 is 2.89 bits per heavy atom. The van der Waals surface area contributed by atoms with Gasteiger partial charge >= 0.3 is 5.97 Å². The van der Waals surface area contributed by atoms with Crippen LogP contribution >= 0.6 is 11.8 Å². The molecule has 0 bridgehead atoms. The Hall–Kier alpha value is -1.34. The highest BCUT2D eigenvalue weighted by Gasteiger charge is 2.40. The summed E-state index contributed by atoms with van der Waals surface area (Å²) in [6.45, 7) is 1.35. The van der Waals surface area contributed by atoms with Crippen molar-refractivity contribution >= 4 is 23.5 Å². The molecule has 19 heavy (non-hydrogen) atoms. The second-order valence-corrected chi connectivity index (χ2v) is 5.32. The Morgan fingerprint density at radius 1 is 1.53 bits per heavy atom. The number of nitrogens with zero attached hydrogens (tertiary/aromatic N) is 2. The number of anilines is 1. The summed E-state index contributed by atoms with van der Waals surface area (Å²) in [6, 6.07) is 1.82. The molecule has 1 saturated heterocycles. The van der Waals surface area contributed by atoms with Crippen LogP contribution in [0.15, 0.2) is 17.4 Å². The van der Waals surface area contributed by atoms with E-state index in [2.05, 4.69) is 15.3 Å². The highest BCUT2D eigenvalue weighted by Crippen LogP contribution is 2.31. The summed E-state index contributed by atoms with van der Waals surface area (Å²) >= 11 is 1.52. The summed E-state index contributed by atoms with van der Waals surface area (Å²) in [7, 11) is 0. The fraction of sp³-hybridized carbons (Fsp3) is 0.583. The number of hydrogen-bond donors (Lipinski definition) is 2. The van der Waals surface area contributed by atoms with Gasteiger partial charge in [-0.1, -0.05) is 0 Å². The number of aliphatic carboxylic acids is 1. The van der Waals surface area contributed by atoms with Gasteiger partial charge in [-0.2, -0.15) is 0 Å². The number of aromatic nitrogens is 2. The molecule has 104 valence electrons. The lowest BCUT2D eigenvalue weighted by atomic mass is 9.80. The fourth-order valence-corrected chi connectivity index (χ4v) is 2.42.